The maximum Gasteiger partial charge on any atom is 0.156 e. The van der Waals surface area contributed by atoms with Gasteiger partial charge in [-0.2, -0.15) is 0 Å². The molecule has 0 radical (unpaired) electrons. The zero-order valence-corrected chi connectivity index (χ0v) is 9.00. The third-order valence-corrected chi connectivity index (χ3v) is 2.33. The Morgan fingerprint density at radius 3 is 2.43 bits per heavy atom. The van der Waals surface area contributed by atoms with Crippen molar-refractivity contribution in [3.8, 4) is 0 Å². The van der Waals surface area contributed by atoms with E-state index in [0.29, 0.717) is 6.42 Å². The molecule has 0 spiro atoms. The molecule has 0 aliphatic heterocycles. The van der Waals surface area contributed by atoms with Crippen molar-refractivity contribution in [2.75, 3.05) is 0 Å². The number of hydrogen-bond acceptors (Lipinski definition) is 2. The van der Waals surface area contributed by atoms with Gasteiger partial charge in [-0.15, -0.1) is 0 Å². The van der Waals surface area contributed by atoms with Crippen molar-refractivity contribution in [3.63, 3.8) is 0 Å². The summed E-state index contributed by atoms with van der Waals surface area (Å²) in [7, 11) is 0. The summed E-state index contributed by atoms with van der Waals surface area (Å²) in [5, 5.41) is 0. The molecule has 76 valence electrons. The summed E-state index contributed by atoms with van der Waals surface area (Å²) in [5.41, 5.74) is 7.20. The molecule has 1 rings (SSSR count). The van der Waals surface area contributed by atoms with Crippen molar-refractivity contribution in [2.45, 2.75) is 32.7 Å². The van der Waals surface area contributed by atoms with Crippen LogP contribution in [-0.4, -0.2) is 11.3 Å². The second-order valence-electron chi connectivity index (χ2n) is 4.25. The van der Waals surface area contributed by atoms with Gasteiger partial charge in [-0.25, -0.2) is 0 Å². The van der Waals surface area contributed by atoms with Crippen LogP contribution in [-0.2, 0) is 11.2 Å². The Balaban J connectivity index is 2.80. The van der Waals surface area contributed by atoms with Crippen molar-refractivity contribution < 1.29 is 4.79 Å². The van der Waals surface area contributed by atoms with E-state index in [2.05, 4.69) is 0 Å². The highest BCUT2D eigenvalue weighted by Crippen LogP contribution is 2.11. The average Bonchev–Trinajstić information content (AvgIpc) is 2.07. The predicted octanol–water partition coefficient (Wildman–Crippen LogP) is 1.84. The van der Waals surface area contributed by atoms with Gasteiger partial charge < -0.3 is 5.73 Å². The minimum absolute atomic E-state index is 0.0757. The first kappa shape index (κ1) is 10.9. The van der Waals surface area contributed by atoms with Crippen molar-refractivity contribution in [1.29, 1.82) is 0 Å². The van der Waals surface area contributed by atoms with Crippen molar-refractivity contribution in [3.05, 3.63) is 35.4 Å². The lowest BCUT2D eigenvalue weighted by Gasteiger charge is -2.17. The molecule has 2 N–H and O–H groups in total. The van der Waals surface area contributed by atoms with Crippen molar-refractivity contribution >= 4 is 5.78 Å². The zero-order valence-electron chi connectivity index (χ0n) is 9.00. The van der Waals surface area contributed by atoms with Gasteiger partial charge in [0, 0.05) is 6.42 Å². The number of ketones is 1. The Morgan fingerprint density at radius 2 is 1.93 bits per heavy atom. The zero-order chi connectivity index (χ0) is 10.8. The van der Waals surface area contributed by atoms with Gasteiger partial charge >= 0.3 is 0 Å². The average molecular weight is 191 g/mol. The first-order chi connectivity index (χ1) is 6.41. The molecule has 0 bridgehead atoms. The maximum absolute atomic E-state index is 11.7. The second kappa shape index (κ2) is 3.93. The van der Waals surface area contributed by atoms with Gasteiger partial charge in [-0.05, 0) is 31.9 Å². The van der Waals surface area contributed by atoms with Crippen LogP contribution in [0.2, 0.25) is 0 Å². The lowest BCUT2D eigenvalue weighted by molar-refractivity contribution is -0.122. The van der Waals surface area contributed by atoms with E-state index in [9.17, 15) is 4.79 Å². The predicted molar refractivity (Wildman–Crippen MR) is 58.2 cm³/mol. The SMILES string of the molecule is Cc1ccccc1CC(=O)C(C)(C)N. The highest BCUT2D eigenvalue weighted by molar-refractivity contribution is 5.89. The number of carbonyl (C=O) groups excluding carboxylic acids is 1. The van der Waals surface area contributed by atoms with E-state index in [1.165, 1.54) is 0 Å². The number of carbonyl (C=O) groups is 1. The van der Waals surface area contributed by atoms with Crippen LogP contribution in [0.1, 0.15) is 25.0 Å². The first-order valence-corrected chi connectivity index (χ1v) is 4.78. The molecule has 0 aromatic heterocycles. The number of benzene rings is 1. The van der Waals surface area contributed by atoms with Crippen LogP contribution >= 0.6 is 0 Å². The molecule has 0 unspecified atom stereocenters. The third kappa shape index (κ3) is 2.67. The first-order valence-electron chi connectivity index (χ1n) is 4.78. The summed E-state index contributed by atoms with van der Waals surface area (Å²) in [6, 6.07) is 7.89. The number of nitrogens with two attached hydrogens (primary N) is 1. The molecule has 14 heavy (non-hydrogen) atoms. The van der Waals surface area contributed by atoms with E-state index in [-0.39, 0.29) is 5.78 Å². The second-order valence-corrected chi connectivity index (χ2v) is 4.25. The Bertz CT molecular complexity index is 336. The molecule has 0 saturated carbocycles. The summed E-state index contributed by atoms with van der Waals surface area (Å²) in [6.45, 7) is 5.49. The summed E-state index contributed by atoms with van der Waals surface area (Å²) in [6.07, 6.45) is 0.427. The van der Waals surface area contributed by atoms with E-state index < -0.39 is 5.54 Å². The van der Waals surface area contributed by atoms with Crippen molar-refractivity contribution in [1.82, 2.24) is 0 Å². The smallest absolute Gasteiger partial charge is 0.156 e. The molecule has 1 aromatic carbocycles. The number of rotatable bonds is 3. The van der Waals surface area contributed by atoms with Gasteiger partial charge in [0.2, 0.25) is 0 Å². The molecule has 0 aliphatic rings. The fourth-order valence-electron chi connectivity index (χ4n) is 1.21. The van der Waals surface area contributed by atoms with Crippen LogP contribution in [0.25, 0.3) is 0 Å². The Morgan fingerprint density at radius 1 is 1.36 bits per heavy atom. The molecule has 1 aromatic rings. The van der Waals surface area contributed by atoms with Crippen molar-refractivity contribution in [2.24, 2.45) is 5.73 Å². The topological polar surface area (TPSA) is 43.1 Å². The highest BCUT2D eigenvalue weighted by Gasteiger charge is 2.21. The molecule has 0 aliphatic carbocycles. The quantitative estimate of drug-likeness (QED) is 0.792. The highest BCUT2D eigenvalue weighted by atomic mass is 16.1. The van der Waals surface area contributed by atoms with Crippen LogP contribution < -0.4 is 5.73 Å². The molecular formula is C12H17NO. The standard InChI is InChI=1S/C12H17NO/c1-9-6-4-5-7-10(9)8-11(14)12(2,3)13/h4-7H,8,13H2,1-3H3. The van der Waals surface area contributed by atoms with Crippen LogP contribution in [0.4, 0.5) is 0 Å². The minimum Gasteiger partial charge on any atom is -0.319 e. The van der Waals surface area contributed by atoms with Gasteiger partial charge in [-0.1, -0.05) is 24.3 Å². The fourth-order valence-corrected chi connectivity index (χ4v) is 1.21. The van der Waals surface area contributed by atoms with Crippen LogP contribution in [0.15, 0.2) is 24.3 Å². The summed E-state index contributed by atoms with van der Waals surface area (Å²) in [5.74, 6) is 0.0757. The Labute approximate surface area is 85.1 Å². The molecule has 0 amide bonds. The number of aryl methyl sites for hydroxylation is 1. The van der Waals surface area contributed by atoms with Gasteiger partial charge in [-0.3, -0.25) is 4.79 Å². The minimum atomic E-state index is -0.734. The largest absolute Gasteiger partial charge is 0.319 e. The van der Waals surface area contributed by atoms with Gasteiger partial charge in [0.05, 0.1) is 5.54 Å². The van der Waals surface area contributed by atoms with Crippen LogP contribution in [0.3, 0.4) is 0 Å². The Hall–Kier alpha value is -1.15. The molecule has 2 nitrogen and oxygen atoms in total. The normalized spacial score (nSPS) is 11.4. The fraction of sp³-hybridized carbons (Fsp3) is 0.417. The summed E-state index contributed by atoms with van der Waals surface area (Å²) in [4.78, 5) is 11.7. The van der Waals surface area contributed by atoms with E-state index >= 15 is 0 Å². The summed E-state index contributed by atoms with van der Waals surface area (Å²) >= 11 is 0. The van der Waals surface area contributed by atoms with E-state index in [1.54, 1.807) is 13.8 Å². The van der Waals surface area contributed by atoms with E-state index in [4.69, 9.17) is 5.73 Å². The maximum atomic E-state index is 11.7. The van der Waals surface area contributed by atoms with Gasteiger partial charge in [0.15, 0.2) is 5.78 Å². The molecule has 2 heteroatoms. The molecule has 0 heterocycles. The lowest BCUT2D eigenvalue weighted by Crippen LogP contribution is -2.42. The summed E-state index contributed by atoms with van der Waals surface area (Å²) < 4.78 is 0. The Kier molecular flexibility index (Phi) is 3.06. The van der Waals surface area contributed by atoms with Gasteiger partial charge in [0.25, 0.3) is 0 Å². The molecule has 0 saturated heterocycles. The van der Waals surface area contributed by atoms with E-state index in [1.807, 2.05) is 31.2 Å². The molecule has 0 atom stereocenters. The van der Waals surface area contributed by atoms with Crippen LogP contribution in [0.5, 0.6) is 0 Å². The third-order valence-electron chi connectivity index (χ3n) is 2.33. The lowest BCUT2D eigenvalue weighted by atomic mass is 9.93. The number of Topliss-reactive ketones (excluding diaryl/α,β-unsaturated/α-hetero) is 1. The van der Waals surface area contributed by atoms with E-state index in [0.717, 1.165) is 11.1 Å². The number of hydrogen-bond donors (Lipinski definition) is 1. The van der Waals surface area contributed by atoms with Crippen LogP contribution in [0, 0.1) is 6.92 Å². The molecule has 0 fully saturated rings. The monoisotopic (exact) mass is 191 g/mol. The van der Waals surface area contributed by atoms with Gasteiger partial charge in [0.1, 0.15) is 0 Å². The molecular weight excluding hydrogens is 174 g/mol.